The molecule has 1 aromatic rings. The van der Waals surface area contributed by atoms with E-state index in [0.29, 0.717) is 5.92 Å². The Morgan fingerprint density at radius 2 is 1.39 bits per heavy atom. The molecule has 0 bridgehead atoms. The Hall–Kier alpha value is -1.92. The third kappa shape index (κ3) is 11.9. The lowest BCUT2D eigenvalue weighted by atomic mass is 9.80. The molecule has 168 valence electrons. The van der Waals surface area contributed by atoms with Gasteiger partial charge in [-0.1, -0.05) is 107 Å². The number of allylic oxidation sites excluding steroid dienone is 2. The zero-order valence-corrected chi connectivity index (χ0v) is 20.2. The van der Waals surface area contributed by atoms with Crippen molar-refractivity contribution in [3.05, 3.63) is 47.5 Å². The van der Waals surface area contributed by atoms with Gasteiger partial charge in [0.05, 0.1) is 0 Å². The van der Waals surface area contributed by atoms with E-state index in [0.717, 1.165) is 11.5 Å². The van der Waals surface area contributed by atoms with E-state index in [2.05, 4.69) is 61.8 Å². The first-order valence-electron chi connectivity index (χ1n) is 13.1. The molecule has 1 aromatic carbocycles. The minimum absolute atomic E-state index is 0.596. The van der Waals surface area contributed by atoms with Gasteiger partial charge in [0, 0.05) is 11.5 Å². The van der Waals surface area contributed by atoms with Gasteiger partial charge in [0.1, 0.15) is 0 Å². The van der Waals surface area contributed by atoms with Crippen LogP contribution in [0.1, 0.15) is 115 Å². The van der Waals surface area contributed by atoms with Crippen LogP contribution in [0.5, 0.6) is 0 Å². The number of hydrogen-bond acceptors (Lipinski definition) is 0. The molecule has 0 spiro atoms. The second-order valence-corrected chi connectivity index (χ2v) is 9.32. The fourth-order valence-electron chi connectivity index (χ4n) is 4.52. The van der Waals surface area contributed by atoms with Gasteiger partial charge in [-0.05, 0) is 74.3 Å². The number of benzene rings is 1. The summed E-state index contributed by atoms with van der Waals surface area (Å²) in [5.74, 6) is 14.6. The molecule has 0 amide bonds. The number of rotatable bonds is 11. The predicted molar refractivity (Wildman–Crippen MR) is 137 cm³/mol. The zero-order chi connectivity index (χ0) is 22.0. The van der Waals surface area contributed by atoms with Crippen LogP contribution in [0.25, 0.3) is 0 Å². The lowest BCUT2D eigenvalue weighted by molar-refractivity contribution is 0.294. The third-order valence-corrected chi connectivity index (χ3v) is 6.59. The molecule has 0 heteroatoms. The molecule has 0 aromatic heterocycles. The molecule has 2 rings (SSSR count). The molecular weight excluding hydrogens is 372 g/mol. The molecule has 0 nitrogen and oxygen atoms in total. The molecule has 0 N–H and O–H groups in total. The summed E-state index contributed by atoms with van der Waals surface area (Å²) in [7, 11) is 0. The monoisotopic (exact) mass is 416 g/mol. The normalized spacial score (nSPS) is 18.3. The Morgan fingerprint density at radius 3 is 2.10 bits per heavy atom. The minimum Gasteiger partial charge on any atom is -0.0951 e. The van der Waals surface area contributed by atoms with Crippen LogP contribution in [0.15, 0.2) is 36.4 Å². The Bertz CT molecular complexity index is 720. The van der Waals surface area contributed by atoms with Crippen molar-refractivity contribution in [1.29, 1.82) is 0 Å². The van der Waals surface area contributed by atoms with Crippen LogP contribution < -0.4 is 0 Å². The average Bonchev–Trinajstić information content (AvgIpc) is 2.80. The van der Waals surface area contributed by atoms with Crippen molar-refractivity contribution in [2.24, 2.45) is 11.8 Å². The van der Waals surface area contributed by atoms with E-state index in [9.17, 15) is 0 Å². The lowest BCUT2D eigenvalue weighted by Gasteiger charge is -2.25. The first-order chi connectivity index (χ1) is 15.3. The highest BCUT2D eigenvalue weighted by molar-refractivity contribution is 5.39. The fraction of sp³-hybridized carbons (Fsp3) is 0.613. The van der Waals surface area contributed by atoms with Gasteiger partial charge in [-0.2, -0.15) is 0 Å². The molecule has 0 atom stereocenters. The summed E-state index contributed by atoms with van der Waals surface area (Å²) < 4.78 is 0. The molecule has 0 heterocycles. The largest absolute Gasteiger partial charge is 0.0951 e. The number of aryl methyl sites for hydroxylation is 1. The molecule has 0 aliphatic heterocycles. The molecule has 1 saturated carbocycles. The maximum atomic E-state index is 3.45. The fourth-order valence-corrected chi connectivity index (χ4v) is 4.52. The van der Waals surface area contributed by atoms with Crippen molar-refractivity contribution in [2.75, 3.05) is 0 Å². The van der Waals surface area contributed by atoms with E-state index in [1.807, 2.05) is 12.2 Å². The predicted octanol–water partition coefficient (Wildman–Crippen LogP) is 8.89. The van der Waals surface area contributed by atoms with Gasteiger partial charge in [-0.15, -0.1) is 0 Å². The molecule has 1 aliphatic rings. The molecule has 0 radical (unpaired) electrons. The standard InChI is InChI=1S/C31H44/c1-3-5-7-9-13-17-29-24-26-31(27-25-29)19-15-11-10-14-18-30-22-20-28(21-23-30)16-12-8-6-4-2/h10-11,24-28,30H,3-9,12-13,16-17,20-23H2,1-2H3/b11-10+. The summed E-state index contributed by atoms with van der Waals surface area (Å²) in [5, 5.41) is 0. The van der Waals surface area contributed by atoms with Gasteiger partial charge in [0.2, 0.25) is 0 Å². The van der Waals surface area contributed by atoms with Crippen molar-refractivity contribution in [3.8, 4) is 23.7 Å². The quantitative estimate of drug-likeness (QED) is 0.249. The lowest BCUT2D eigenvalue weighted by Crippen LogP contribution is -2.13. The van der Waals surface area contributed by atoms with Gasteiger partial charge in [-0.3, -0.25) is 0 Å². The molecule has 31 heavy (non-hydrogen) atoms. The molecule has 1 aliphatic carbocycles. The minimum atomic E-state index is 0.596. The van der Waals surface area contributed by atoms with Crippen molar-refractivity contribution >= 4 is 0 Å². The molecule has 0 unspecified atom stereocenters. The van der Waals surface area contributed by atoms with E-state index < -0.39 is 0 Å². The van der Waals surface area contributed by atoms with Crippen molar-refractivity contribution in [1.82, 2.24) is 0 Å². The summed E-state index contributed by atoms with van der Waals surface area (Å²) in [6.45, 7) is 4.56. The van der Waals surface area contributed by atoms with Crippen LogP contribution in [0.4, 0.5) is 0 Å². The zero-order valence-electron chi connectivity index (χ0n) is 20.2. The van der Waals surface area contributed by atoms with E-state index >= 15 is 0 Å². The number of hydrogen-bond donors (Lipinski definition) is 0. The van der Waals surface area contributed by atoms with Gasteiger partial charge in [0.25, 0.3) is 0 Å². The Balaban J connectivity index is 1.63. The summed E-state index contributed by atoms with van der Waals surface area (Å²) in [4.78, 5) is 0. The smallest absolute Gasteiger partial charge is 0.0249 e. The topological polar surface area (TPSA) is 0 Å². The second-order valence-electron chi connectivity index (χ2n) is 9.32. The highest BCUT2D eigenvalue weighted by Crippen LogP contribution is 2.31. The van der Waals surface area contributed by atoms with Crippen LogP contribution >= 0.6 is 0 Å². The van der Waals surface area contributed by atoms with Gasteiger partial charge in [0.15, 0.2) is 0 Å². The maximum Gasteiger partial charge on any atom is 0.0249 e. The van der Waals surface area contributed by atoms with Crippen LogP contribution in [0, 0.1) is 35.5 Å². The second kappa shape index (κ2) is 16.7. The van der Waals surface area contributed by atoms with Crippen LogP contribution in [0.3, 0.4) is 0 Å². The Kier molecular flexibility index (Phi) is 13.7. The first kappa shape index (κ1) is 25.3. The summed E-state index contributed by atoms with van der Waals surface area (Å²) >= 11 is 0. The molecule has 1 fully saturated rings. The number of unbranched alkanes of at least 4 members (excludes halogenated alkanes) is 7. The van der Waals surface area contributed by atoms with Crippen LogP contribution in [-0.2, 0) is 6.42 Å². The third-order valence-electron chi connectivity index (χ3n) is 6.59. The van der Waals surface area contributed by atoms with E-state index in [1.54, 1.807) is 0 Å². The van der Waals surface area contributed by atoms with E-state index in [1.165, 1.54) is 102 Å². The van der Waals surface area contributed by atoms with E-state index in [4.69, 9.17) is 0 Å². The van der Waals surface area contributed by atoms with Crippen molar-refractivity contribution < 1.29 is 0 Å². The van der Waals surface area contributed by atoms with Gasteiger partial charge >= 0.3 is 0 Å². The van der Waals surface area contributed by atoms with Gasteiger partial charge < -0.3 is 0 Å². The average molecular weight is 417 g/mol. The van der Waals surface area contributed by atoms with E-state index in [-0.39, 0.29) is 0 Å². The summed E-state index contributed by atoms with van der Waals surface area (Å²) in [6.07, 6.45) is 24.1. The Labute approximate surface area is 193 Å². The molecular formula is C31H44. The Morgan fingerprint density at radius 1 is 0.742 bits per heavy atom. The highest BCUT2D eigenvalue weighted by Gasteiger charge is 2.19. The first-order valence-corrected chi connectivity index (χ1v) is 13.1. The maximum absolute atomic E-state index is 3.45. The van der Waals surface area contributed by atoms with Gasteiger partial charge in [-0.25, -0.2) is 0 Å². The summed E-state index contributed by atoms with van der Waals surface area (Å²) in [6, 6.07) is 8.75. The van der Waals surface area contributed by atoms with Crippen molar-refractivity contribution in [2.45, 2.75) is 110 Å². The van der Waals surface area contributed by atoms with Crippen LogP contribution in [0.2, 0.25) is 0 Å². The van der Waals surface area contributed by atoms with Crippen molar-refractivity contribution in [3.63, 3.8) is 0 Å². The SMILES string of the molecule is CCCCCCCc1ccc(C#C/C=C/C#CC2CCC(CCCCCC)CC2)cc1. The molecule has 0 saturated heterocycles. The summed E-state index contributed by atoms with van der Waals surface area (Å²) in [5.41, 5.74) is 2.52. The van der Waals surface area contributed by atoms with Crippen LogP contribution in [-0.4, -0.2) is 0 Å². The highest BCUT2D eigenvalue weighted by atomic mass is 14.2.